The van der Waals surface area contributed by atoms with E-state index >= 15 is 0 Å². The number of rotatable bonds is 6. The Kier molecular flexibility index (Phi) is 6.55. The summed E-state index contributed by atoms with van der Waals surface area (Å²) in [5.74, 6) is 0.991. The molecule has 0 aliphatic carbocycles. The third kappa shape index (κ3) is 4.86. The minimum atomic E-state index is -0.317. The van der Waals surface area contributed by atoms with Gasteiger partial charge in [-0.1, -0.05) is 6.07 Å². The number of nitrogens with zero attached hydrogens (tertiary/aromatic N) is 5. The Labute approximate surface area is 206 Å². The molecule has 35 heavy (non-hydrogen) atoms. The number of hydrogen-bond donors (Lipinski definition) is 3. The first-order chi connectivity index (χ1) is 16.5. The van der Waals surface area contributed by atoms with E-state index in [0.717, 1.165) is 29.8 Å². The highest BCUT2D eigenvalue weighted by Crippen LogP contribution is 2.41. The topological polar surface area (TPSA) is 124 Å². The molecule has 1 aliphatic rings. The van der Waals surface area contributed by atoms with Crippen molar-refractivity contribution in [3.63, 3.8) is 0 Å². The lowest BCUT2D eigenvalue weighted by Crippen LogP contribution is -2.66. The average Bonchev–Trinajstić information content (AvgIpc) is 3.32. The summed E-state index contributed by atoms with van der Waals surface area (Å²) in [4.78, 5) is 26.3. The van der Waals surface area contributed by atoms with Crippen LogP contribution in [0, 0.1) is 0 Å². The number of phenolic OH excluding ortho intramolecular Hbond substituents is 1. The second kappa shape index (κ2) is 9.30. The number of carbonyl (C=O) groups excluding carboxylic acids is 1. The maximum Gasteiger partial charge on any atom is 0.224 e. The van der Waals surface area contributed by atoms with Gasteiger partial charge in [0.25, 0.3) is 0 Å². The summed E-state index contributed by atoms with van der Waals surface area (Å²) >= 11 is 0. The number of benzene rings is 1. The van der Waals surface area contributed by atoms with Crippen molar-refractivity contribution in [2.24, 2.45) is 5.73 Å². The Morgan fingerprint density at radius 2 is 1.86 bits per heavy atom. The van der Waals surface area contributed by atoms with E-state index in [1.807, 2.05) is 24.1 Å². The summed E-state index contributed by atoms with van der Waals surface area (Å²) < 4.78 is 0. The number of likely N-dealkylation sites (tertiary alicyclic amines) is 1. The first kappa shape index (κ1) is 24.7. The van der Waals surface area contributed by atoms with Gasteiger partial charge in [0.15, 0.2) is 0 Å². The Hall–Kier alpha value is -3.46. The summed E-state index contributed by atoms with van der Waals surface area (Å²) in [5, 5.41) is 17.3. The van der Waals surface area contributed by atoms with Gasteiger partial charge >= 0.3 is 0 Å². The quantitative estimate of drug-likeness (QED) is 0.496. The molecule has 1 saturated heterocycles. The molecule has 4 rings (SSSR count). The van der Waals surface area contributed by atoms with Crippen molar-refractivity contribution in [2.75, 3.05) is 18.5 Å². The highest BCUT2D eigenvalue weighted by atomic mass is 16.3. The molecule has 186 valence electrons. The SMILES string of the molecule is CN(c1cnc(-c2ccc(-c3cn[nH]c3)cc2O)cn1)C1CC(C)(C)N(C(=O)CCN)C(C)(C)C1. The second-order valence-corrected chi connectivity index (χ2v) is 10.5. The summed E-state index contributed by atoms with van der Waals surface area (Å²) in [6.07, 6.45) is 8.89. The van der Waals surface area contributed by atoms with Gasteiger partial charge in [0.2, 0.25) is 5.91 Å². The highest BCUT2D eigenvalue weighted by molar-refractivity contribution is 5.78. The molecule has 1 amide bonds. The predicted molar refractivity (Wildman–Crippen MR) is 137 cm³/mol. The Bertz CT molecular complexity index is 1150. The van der Waals surface area contributed by atoms with Crippen molar-refractivity contribution < 1.29 is 9.90 Å². The molecule has 3 aromatic rings. The number of nitrogens with one attached hydrogen (secondary N) is 1. The van der Waals surface area contributed by atoms with Gasteiger partial charge in [-0.25, -0.2) is 4.98 Å². The third-order valence-electron chi connectivity index (χ3n) is 6.94. The van der Waals surface area contributed by atoms with Crippen molar-refractivity contribution in [2.45, 2.75) is 64.1 Å². The zero-order valence-corrected chi connectivity index (χ0v) is 21.1. The highest BCUT2D eigenvalue weighted by Gasteiger charge is 2.48. The number of aromatic nitrogens is 4. The normalized spacial score (nSPS) is 17.4. The van der Waals surface area contributed by atoms with Gasteiger partial charge in [0, 0.05) is 54.5 Å². The van der Waals surface area contributed by atoms with E-state index < -0.39 is 0 Å². The maximum absolute atomic E-state index is 12.8. The molecule has 4 N–H and O–H groups in total. The number of nitrogens with two attached hydrogens (primary N) is 1. The lowest BCUT2D eigenvalue weighted by molar-refractivity contribution is -0.149. The molecule has 0 saturated carbocycles. The molecule has 9 heteroatoms. The molecule has 1 aliphatic heterocycles. The fourth-order valence-corrected chi connectivity index (χ4v) is 5.58. The molecule has 3 heterocycles. The van der Waals surface area contributed by atoms with E-state index in [2.05, 4.69) is 52.8 Å². The first-order valence-electron chi connectivity index (χ1n) is 11.9. The van der Waals surface area contributed by atoms with Crippen LogP contribution in [0.25, 0.3) is 22.4 Å². The molecule has 0 spiro atoms. The molecule has 0 atom stereocenters. The van der Waals surface area contributed by atoms with Crippen LogP contribution in [0.4, 0.5) is 5.82 Å². The van der Waals surface area contributed by atoms with Gasteiger partial charge in [-0.3, -0.25) is 14.9 Å². The Morgan fingerprint density at radius 3 is 2.40 bits per heavy atom. The molecule has 2 aromatic heterocycles. The molecule has 0 radical (unpaired) electrons. The van der Waals surface area contributed by atoms with E-state index in [1.165, 1.54) is 0 Å². The number of H-pyrrole nitrogens is 1. The van der Waals surface area contributed by atoms with Crippen molar-refractivity contribution in [1.82, 2.24) is 25.1 Å². The fraction of sp³-hybridized carbons (Fsp3) is 0.462. The zero-order valence-electron chi connectivity index (χ0n) is 21.1. The number of piperidine rings is 1. The van der Waals surface area contributed by atoms with Crippen molar-refractivity contribution in [3.05, 3.63) is 43.0 Å². The van der Waals surface area contributed by atoms with Crippen molar-refractivity contribution >= 4 is 11.7 Å². The van der Waals surface area contributed by atoms with Crippen molar-refractivity contribution in [1.29, 1.82) is 0 Å². The molecular weight excluding hydrogens is 442 g/mol. The molecule has 1 fully saturated rings. The molecule has 9 nitrogen and oxygen atoms in total. The predicted octanol–water partition coefficient (Wildman–Crippen LogP) is 3.57. The number of aromatic amines is 1. The lowest BCUT2D eigenvalue weighted by atomic mass is 9.76. The van der Waals surface area contributed by atoms with Crippen LogP contribution in [0.15, 0.2) is 43.0 Å². The number of phenols is 1. The van der Waals surface area contributed by atoms with E-state index in [-0.39, 0.29) is 28.8 Å². The van der Waals surface area contributed by atoms with Crippen LogP contribution in [0.5, 0.6) is 5.75 Å². The monoisotopic (exact) mass is 477 g/mol. The molecule has 0 bridgehead atoms. The smallest absolute Gasteiger partial charge is 0.224 e. The summed E-state index contributed by atoms with van der Waals surface area (Å²) in [5.41, 5.74) is 8.02. The van der Waals surface area contributed by atoms with Crippen LogP contribution in [-0.4, -0.2) is 66.8 Å². The van der Waals surface area contributed by atoms with Crippen LogP contribution in [0.3, 0.4) is 0 Å². The van der Waals surface area contributed by atoms with E-state index in [9.17, 15) is 9.90 Å². The van der Waals surface area contributed by atoms with Crippen LogP contribution >= 0.6 is 0 Å². The summed E-state index contributed by atoms with van der Waals surface area (Å²) in [7, 11) is 2.02. The lowest BCUT2D eigenvalue weighted by Gasteiger charge is -2.56. The van der Waals surface area contributed by atoms with Crippen LogP contribution in [0.2, 0.25) is 0 Å². The second-order valence-electron chi connectivity index (χ2n) is 10.5. The van der Waals surface area contributed by atoms with Gasteiger partial charge in [-0.2, -0.15) is 5.10 Å². The minimum Gasteiger partial charge on any atom is -0.507 e. The number of carbonyl (C=O) groups is 1. The number of aromatic hydroxyl groups is 1. The molecule has 0 unspecified atom stereocenters. The largest absolute Gasteiger partial charge is 0.507 e. The van der Waals surface area contributed by atoms with Gasteiger partial charge < -0.3 is 20.6 Å². The third-order valence-corrected chi connectivity index (χ3v) is 6.94. The van der Waals surface area contributed by atoms with E-state index in [0.29, 0.717) is 24.2 Å². The summed E-state index contributed by atoms with van der Waals surface area (Å²) in [6, 6.07) is 5.64. The maximum atomic E-state index is 12.8. The molecular formula is C26H35N7O2. The molecule has 1 aromatic carbocycles. The number of hydrogen-bond acceptors (Lipinski definition) is 7. The van der Waals surface area contributed by atoms with Crippen LogP contribution in [-0.2, 0) is 4.79 Å². The van der Waals surface area contributed by atoms with Gasteiger partial charge in [0.05, 0.1) is 24.3 Å². The van der Waals surface area contributed by atoms with Gasteiger partial charge in [-0.15, -0.1) is 0 Å². The Morgan fingerprint density at radius 1 is 1.14 bits per heavy atom. The minimum absolute atomic E-state index is 0.103. The standard InChI is InChI=1S/C26H35N7O2/c1-25(2)11-19(12-26(3,4)33(25)24(35)8-9-27)32(5)23-16-28-21(15-29-23)20-7-6-17(10-22(20)34)18-13-30-31-14-18/h6-7,10,13-16,19,34H,8-9,11-12,27H2,1-5H3,(H,30,31). The fourth-order valence-electron chi connectivity index (χ4n) is 5.58. The first-order valence-corrected chi connectivity index (χ1v) is 11.9. The van der Waals surface area contributed by atoms with E-state index in [1.54, 1.807) is 30.9 Å². The van der Waals surface area contributed by atoms with E-state index in [4.69, 9.17) is 5.73 Å². The number of anilines is 1. The van der Waals surface area contributed by atoms with Gasteiger partial charge in [-0.05, 0) is 58.2 Å². The van der Waals surface area contributed by atoms with Crippen LogP contribution in [0.1, 0.15) is 47.0 Å². The van der Waals surface area contributed by atoms with Gasteiger partial charge in [0.1, 0.15) is 11.6 Å². The Balaban J connectivity index is 1.52. The number of amides is 1. The zero-order chi connectivity index (χ0) is 25.4. The van der Waals surface area contributed by atoms with Crippen LogP contribution < -0.4 is 10.6 Å². The average molecular weight is 478 g/mol. The summed E-state index contributed by atoms with van der Waals surface area (Å²) in [6.45, 7) is 8.83. The van der Waals surface area contributed by atoms with Crippen molar-refractivity contribution in [3.8, 4) is 28.1 Å².